The maximum absolute atomic E-state index is 12.6. The van der Waals surface area contributed by atoms with E-state index >= 15 is 0 Å². The van der Waals surface area contributed by atoms with E-state index < -0.39 is 10.0 Å². The second-order valence-electron chi connectivity index (χ2n) is 7.84. The van der Waals surface area contributed by atoms with Crippen LogP contribution in [0.15, 0.2) is 83.8 Å². The molecule has 0 aromatic heterocycles. The third kappa shape index (κ3) is 5.06. The second-order valence-corrected chi connectivity index (χ2v) is 9.52. The average Bonchev–Trinajstić information content (AvgIpc) is 3.21. The lowest BCUT2D eigenvalue weighted by molar-refractivity contribution is 0.102. The van der Waals surface area contributed by atoms with Crippen molar-refractivity contribution in [1.29, 1.82) is 0 Å². The summed E-state index contributed by atoms with van der Waals surface area (Å²) >= 11 is 0. The largest absolute Gasteiger partial charge is 0.371 e. The average molecular weight is 436 g/mol. The summed E-state index contributed by atoms with van der Waals surface area (Å²) in [5.41, 5.74) is 2.72. The lowest BCUT2D eigenvalue weighted by Crippen LogP contribution is -2.19. The molecule has 4 rings (SSSR count). The van der Waals surface area contributed by atoms with Crippen LogP contribution in [-0.2, 0) is 10.0 Å². The van der Waals surface area contributed by atoms with Crippen molar-refractivity contribution in [2.75, 3.05) is 28.0 Å². The predicted octanol–water partition coefficient (Wildman–Crippen LogP) is 4.59. The number of nitrogens with one attached hydrogen (secondary N) is 2. The molecule has 1 atom stereocenters. The molecule has 3 aromatic carbocycles. The van der Waals surface area contributed by atoms with Crippen LogP contribution >= 0.6 is 0 Å². The van der Waals surface area contributed by atoms with Crippen molar-refractivity contribution in [2.24, 2.45) is 5.92 Å². The molecule has 1 aliphatic heterocycles. The normalized spacial score (nSPS) is 16.2. The fraction of sp³-hybridized carbons (Fsp3) is 0.208. The number of carbonyl (C=O) groups is 1. The smallest absolute Gasteiger partial charge is 0.261 e. The molecule has 2 N–H and O–H groups in total. The zero-order valence-electron chi connectivity index (χ0n) is 17.3. The molecule has 1 amide bonds. The molecule has 1 heterocycles. The van der Waals surface area contributed by atoms with Gasteiger partial charge in [0.15, 0.2) is 0 Å². The summed E-state index contributed by atoms with van der Waals surface area (Å²) in [5.74, 6) is 0.458. The van der Waals surface area contributed by atoms with Gasteiger partial charge in [-0.15, -0.1) is 0 Å². The highest BCUT2D eigenvalue weighted by atomic mass is 32.2. The van der Waals surface area contributed by atoms with Gasteiger partial charge in [0.1, 0.15) is 0 Å². The van der Waals surface area contributed by atoms with Crippen molar-refractivity contribution in [2.45, 2.75) is 18.2 Å². The Labute approximate surface area is 183 Å². The molecule has 160 valence electrons. The lowest BCUT2D eigenvalue weighted by Gasteiger charge is -2.18. The molecule has 0 bridgehead atoms. The van der Waals surface area contributed by atoms with Crippen molar-refractivity contribution in [3.63, 3.8) is 0 Å². The van der Waals surface area contributed by atoms with E-state index in [1.54, 1.807) is 42.5 Å². The molecule has 0 saturated carbocycles. The minimum Gasteiger partial charge on any atom is -0.371 e. The van der Waals surface area contributed by atoms with E-state index in [2.05, 4.69) is 21.9 Å². The molecule has 1 saturated heterocycles. The van der Waals surface area contributed by atoms with Crippen LogP contribution in [0.1, 0.15) is 23.7 Å². The molecule has 6 nitrogen and oxygen atoms in total. The number of carbonyl (C=O) groups excluding carboxylic acids is 1. The first-order valence-corrected chi connectivity index (χ1v) is 11.7. The fourth-order valence-corrected chi connectivity index (χ4v) is 4.71. The Morgan fingerprint density at radius 1 is 0.903 bits per heavy atom. The molecule has 3 aromatic rings. The van der Waals surface area contributed by atoms with E-state index in [1.807, 2.05) is 24.3 Å². The minimum atomic E-state index is -3.66. The van der Waals surface area contributed by atoms with Crippen LogP contribution in [0.5, 0.6) is 0 Å². The first-order valence-electron chi connectivity index (χ1n) is 10.2. The summed E-state index contributed by atoms with van der Waals surface area (Å²) in [7, 11) is -3.66. The van der Waals surface area contributed by atoms with Gasteiger partial charge in [0, 0.05) is 35.7 Å². The molecule has 1 fully saturated rings. The fourth-order valence-electron chi connectivity index (χ4n) is 3.63. The standard InChI is InChI=1S/C24H25N3O3S/c1-18-15-16-27(17-18)22-13-11-20(12-14-22)25-24(28)19-7-9-21(10-8-19)26-31(29,30)23-5-3-2-4-6-23/h2-14,18,26H,15-17H2,1H3,(H,25,28). The zero-order valence-corrected chi connectivity index (χ0v) is 18.1. The van der Waals surface area contributed by atoms with E-state index in [0.717, 1.165) is 24.5 Å². The van der Waals surface area contributed by atoms with Gasteiger partial charge in [-0.05, 0) is 73.0 Å². The highest BCUT2D eigenvalue weighted by molar-refractivity contribution is 7.92. The number of anilines is 3. The van der Waals surface area contributed by atoms with Crippen molar-refractivity contribution in [3.8, 4) is 0 Å². The SMILES string of the molecule is CC1CCN(c2ccc(NC(=O)c3ccc(NS(=O)(=O)c4ccccc4)cc3)cc2)C1. The molecular weight excluding hydrogens is 410 g/mol. The number of nitrogens with zero attached hydrogens (tertiary/aromatic N) is 1. The third-order valence-electron chi connectivity index (χ3n) is 5.37. The van der Waals surface area contributed by atoms with Crippen LogP contribution in [0, 0.1) is 5.92 Å². The Kier molecular flexibility index (Phi) is 5.95. The minimum absolute atomic E-state index is 0.184. The molecule has 0 spiro atoms. The zero-order chi connectivity index (χ0) is 21.8. The summed E-state index contributed by atoms with van der Waals surface area (Å²) in [6, 6.07) is 22.3. The number of amides is 1. The number of benzene rings is 3. The van der Waals surface area contributed by atoms with Gasteiger partial charge in [-0.3, -0.25) is 9.52 Å². The summed E-state index contributed by atoms with van der Waals surface area (Å²) in [5, 5.41) is 2.88. The van der Waals surface area contributed by atoms with Crippen LogP contribution in [0.4, 0.5) is 17.1 Å². The number of sulfonamides is 1. The van der Waals surface area contributed by atoms with Gasteiger partial charge < -0.3 is 10.2 Å². The summed E-state index contributed by atoms with van der Waals surface area (Å²) in [6.45, 7) is 4.38. The van der Waals surface area contributed by atoms with Crippen LogP contribution < -0.4 is 14.9 Å². The van der Waals surface area contributed by atoms with Gasteiger partial charge >= 0.3 is 0 Å². The van der Waals surface area contributed by atoms with Crippen LogP contribution in [0.25, 0.3) is 0 Å². The second kappa shape index (κ2) is 8.81. The summed E-state index contributed by atoms with van der Waals surface area (Å²) < 4.78 is 27.3. The predicted molar refractivity (Wildman–Crippen MR) is 124 cm³/mol. The van der Waals surface area contributed by atoms with Crippen molar-refractivity contribution in [3.05, 3.63) is 84.4 Å². The quantitative estimate of drug-likeness (QED) is 0.594. The maximum atomic E-state index is 12.6. The Morgan fingerprint density at radius 2 is 1.55 bits per heavy atom. The molecule has 1 unspecified atom stereocenters. The van der Waals surface area contributed by atoms with E-state index in [0.29, 0.717) is 17.2 Å². The van der Waals surface area contributed by atoms with E-state index in [4.69, 9.17) is 0 Å². The Morgan fingerprint density at radius 3 is 2.16 bits per heavy atom. The topological polar surface area (TPSA) is 78.5 Å². The van der Waals surface area contributed by atoms with Crippen molar-refractivity contribution >= 4 is 33.0 Å². The molecule has 0 aliphatic carbocycles. The molecule has 7 heteroatoms. The Hall–Kier alpha value is -3.32. The summed E-state index contributed by atoms with van der Waals surface area (Å²) in [6.07, 6.45) is 1.20. The van der Waals surface area contributed by atoms with Gasteiger partial charge in [-0.2, -0.15) is 0 Å². The van der Waals surface area contributed by atoms with Crippen LogP contribution in [-0.4, -0.2) is 27.4 Å². The van der Waals surface area contributed by atoms with Crippen molar-refractivity contribution < 1.29 is 13.2 Å². The van der Waals surface area contributed by atoms with Crippen LogP contribution in [0.3, 0.4) is 0 Å². The van der Waals surface area contributed by atoms with Gasteiger partial charge in [0.05, 0.1) is 4.90 Å². The Bertz CT molecular complexity index is 1140. The summed E-state index contributed by atoms with van der Waals surface area (Å²) in [4.78, 5) is 15.1. The first-order chi connectivity index (χ1) is 14.9. The van der Waals surface area contributed by atoms with E-state index in [1.165, 1.54) is 18.6 Å². The van der Waals surface area contributed by atoms with E-state index in [9.17, 15) is 13.2 Å². The first kappa shape index (κ1) is 20.9. The van der Waals surface area contributed by atoms with Gasteiger partial charge in [-0.1, -0.05) is 25.1 Å². The van der Waals surface area contributed by atoms with Gasteiger partial charge in [0.25, 0.3) is 15.9 Å². The van der Waals surface area contributed by atoms with Gasteiger partial charge in [-0.25, -0.2) is 8.42 Å². The molecule has 0 radical (unpaired) electrons. The third-order valence-corrected chi connectivity index (χ3v) is 6.76. The number of hydrogen-bond donors (Lipinski definition) is 2. The monoisotopic (exact) mass is 435 g/mol. The van der Waals surface area contributed by atoms with Gasteiger partial charge in [0.2, 0.25) is 0 Å². The lowest BCUT2D eigenvalue weighted by atomic mass is 10.2. The Balaban J connectivity index is 1.38. The van der Waals surface area contributed by atoms with Crippen molar-refractivity contribution in [1.82, 2.24) is 0 Å². The highest BCUT2D eigenvalue weighted by Gasteiger charge is 2.19. The van der Waals surface area contributed by atoms with E-state index in [-0.39, 0.29) is 10.8 Å². The maximum Gasteiger partial charge on any atom is 0.261 e. The highest BCUT2D eigenvalue weighted by Crippen LogP contribution is 2.25. The number of rotatable bonds is 6. The molecule has 31 heavy (non-hydrogen) atoms. The number of hydrogen-bond acceptors (Lipinski definition) is 4. The van der Waals surface area contributed by atoms with Crippen LogP contribution in [0.2, 0.25) is 0 Å². The molecular formula is C24H25N3O3S. The molecule has 1 aliphatic rings.